The summed E-state index contributed by atoms with van der Waals surface area (Å²) in [6, 6.07) is 3.39. The Bertz CT molecular complexity index is 546. The Balaban J connectivity index is 2.33. The Labute approximate surface area is 110 Å². The van der Waals surface area contributed by atoms with E-state index in [1.165, 1.54) is 0 Å². The molecule has 102 valence electrons. The van der Waals surface area contributed by atoms with Crippen LogP contribution < -0.4 is 10.9 Å². The molecule has 0 fully saturated rings. The molecule has 0 aliphatic rings. The number of nitrogens with one attached hydrogen (secondary N) is 1. The van der Waals surface area contributed by atoms with E-state index in [1.54, 1.807) is 16.8 Å². The molecular formula is C13H16N2O4. The lowest BCUT2D eigenvalue weighted by molar-refractivity contribution is -0.131. The average Bonchev–Trinajstić information content (AvgIpc) is 2.34. The third-order valence-electron chi connectivity index (χ3n) is 2.40. The molecular weight excluding hydrogens is 248 g/mol. The van der Waals surface area contributed by atoms with Crippen molar-refractivity contribution in [3.8, 4) is 0 Å². The standard InChI is InChI=1S/C13H16N2O4/c1-10-5-8-15(12(17)9-10)7-2-6-14-11(16)3-4-13(18)19/h3-5,8-9H,2,6-7H2,1H3,(H,14,16)(H,18,19)/b4-3+. The van der Waals surface area contributed by atoms with E-state index in [2.05, 4.69) is 5.32 Å². The number of aromatic nitrogens is 1. The molecule has 1 aromatic rings. The van der Waals surface area contributed by atoms with Crippen LogP contribution in [0.2, 0.25) is 0 Å². The number of hydrogen-bond donors (Lipinski definition) is 2. The van der Waals surface area contributed by atoms with Crippen molar-refractivity contribution in [2.45, 2.75) is 19.9 Å². The van der Waals surface area contributed by atoms with Gasteiger partial charge in [0.25, 0.3) is 5.56 Å². The SMILES string of the molecule is Cc1ccn(CCCNC(=O)/C=C/C(=O)O)c(=O)c1. The molecule has 0 atom stereocenters. The molecule has 0 aliphatic heterocycles. The predicted octanol–water partition coefficient (Wildman–Crippen LogP) is 0.304. The number of carbonyl (C=O) groups is 2. The molecule has 1 heterocycles. The number of pyridine rings is 1. The van der Waals surface area contributed by atoms with Crippen LogP contribution in [0.25, 0.3) is 0 Å². The van der Waals surface area contributed by atoms with Gasteiger partial charge in [-0.2, -0.15) is 0 Å². The van der Waals surface area contributed by atoms with Gasteiger partial charge in [0.1, 0.15) is 0 Å². The lowest BCUT2D eigenvalue weighted by Gasteiger charge is -2.06. The van der Waals surface area contributed by atoms with E-state index >= 15 is 0 Å². The van der Waals surface area contributed by atoms with Gasteiger partial charge in [0, 0.05) is 37.5 Å². The summed E-state index contributed by atoms with van der Waals surface area (Å²) in [6.45, 7) is 2.73. The highest BCUT2D eigenvalue weighted by Crippen LogP contribution is 1.92. The average molecular weight is 264 g/mol. The molecule has 0 aliphatic carbocycles. The van der Waals surface area contributed by atoms with Crippen molar-refractivity contribution in [1.82, 2.24) is 9.88 Å². The number of carboxylic acids is 1. The van der Waals surface area contributed by atoms with Gasteiger partial charge in [-0.25, -0.2) is 4.79 Å². The minimum atomic E-state index is -1.17. The van der Waals surface area contributed by atoms with Crippen LogP contribution in [0.4, 0.5) is 0 Å². The van der Waals surface area contributed by atoms with Crippen LogP contribution in [0.5, 0.6) is 0 Å². The first-order chi connectivity index (χ1) is 8.99. The third kappa shape index (κ3) is 5.67. The molecule has 0 spiro atoms. The summed E-state index contributed by atoms with van der Waals surface area (Å²) in [5.41, 5.74) is 0.838. The molecule has 0 unspecified atom stereocenters. The Kier molecular flexibility index (Phi) is 5.53. The molecule has 19 heavy (non-hydrogen) atoms. The van der Waals surface area contributed by atoms with Crippen molar-refractivity contribution >= 4 is 11.9 Å². The molecule has 2 N–H and O–H groups in total. The Morgan fingerprint density at radius 3 is 2.79 bits per heavy atom. The van der Waals surface area contributed by atoms with Crippen LogP contribution in [-0.4, -0.2) is 28.1 Å². The molecule has 0 radical (unpaired) electrons. The van der Waals surface area contributed by atoms with Gasteiger partial charge in [0.2, 0.25) is 5.91 Å². The van der Waals surface area contributed by atoms with Crippen LogP contribution in [0.3, 0.4) is 0 Å². The Morgan fingerprint density at radius 1 is 1.42 bits per heavy atom. The predicted molar refractivity (Wildman–Crippen MR) is 69.8 cm³/mol. The van der Waals surface area contributed by atoms with Crippen molar-refractivity contribution < 1.29 is 14.7 Å². The van der Waals surface area contributed by atoms with E-state index in [0.717, 1.165) is 17.7 Å². The number of carboxylic acid groups (broad SMARTS) is 1. The number of nitrogens with zero attached hydrogens (tertiary/aromatic N) is 1. The first-order valence-electron chi connectivity index (χ1n) is 5.85. The van der Waals surface area contributed by atoms with Gasteiger partial charge in [-0.1, -0.05) is 0 Å². The maximum Gasteiger partial charge on any atom is 0.328 e. The van der Waals surface area contributed by atoms with Gasteiger partial charge in [0.05, 0.1) is 0 Å². The number of aryl methyl sites for hydroxylation is 2. The fraction of sp³-hybridized carbons (Fsp3) is 0.308. The summed E-state index contributed by atoms with van der Waals surface area (Å²) in [5, 5.41) is 10.9. The van der Waals surface area contributed by atoms with Crippen molar-refractivity contribution in [2.75, 3.05) is 6.54 Å². The minimum Gasteiger partial charge on any atom is -0.478 e. The second-order valence-corrected chi connectivity index (χ2v) is 4.05. The van der Waals surface area contributed by atoms with E-state index in [9.17, 15) is 14.4 Å². The highest BCUT2D eigenvalue weighted by Gasteiger charge is 1.98. The molecule has 1 rings (SSSR count). The van der Waals surface area contributed by atoms with E-state index in [1.807, 2.05) is 13.0 Å². The van der Waals surface area contributed by atoms with E-state index in [4.69, 9.17) is 5.11 Å². The van der Waals surface area contributed by atoms with E-state index < -0.39 is 11.9 Å². The normalized spacial score (nSPS) is 10.6. The number of hydrogen-bond acceptors (Lipinski definition) is 3. The maximum atomic E-state index is 11.5. The summed E-state index contributed by atoms with van der Waals surface area (Å²) in [7, 11) is 0. The summed E-state index contributed by atoms with van der Waals surface area (Å²) in [6.07, 6.45) is 4.04. The van der Waals surface area contributed by atoms with Gasteiger partial charge >= 0.3 is 5.97 Å². The first kappa shape index (κ1) is 14.7. The molecule has 0 aromatic carbocycles. The lowest BCUT2D eigenvalue weighted by atomic mass is 10.3. The first-order valence-corrected chi connectivity index (χ1v) is 5.85. The van der Waals surface area contributed by atoms with Crippen molar-refractivity contribution in [2.24, 2.45) is 0 Å². The molecule has 0 saturated heterocycles. The van der Waals surface area contributed by atoms with Crippen molar-refractivity contribution in [1.29, 1.82) is 0 Å². The van der Waals surface area contributed by atoms with Gasteiger partial charge in [-0.3, -0.25) is 9.59 Å². The molecule has 1 amide bonds. The monoisotopic (exact) mass is 264 g/mol. The van der Waals surface area contributed by atoms with Crippen LogP contribution >= 0.6 is 0 Å². The van der Waals surface area contributed by atoms with Gasteiger partial charge in [0.15, 0.2) is 0 Å². The Morgan fingerprint density at radius 2 is 2.16 bits per heavy atom. The smallest absolute Gasteiger partial charge is 0.328 e. The minimum absolute atomic E-state index is 0.0721. The fourth-order valence-electron chi connectivity index (χ4n) is 1.46. The van der Waals surface area contributed by atoms with Gasteiger partial charge in [-0.15, -0.1) is 0 Å². The zero-order valence-electron chi connectivity index (χ0n) is 10.6. The molecule has 1 aromatic heterocycles. The number of amides is 1. The van der Waals surface area contributed by atoms with Gasteiger partial charge in [-0.05, 0) is 25.0 Å². The number of rotatable bonds is 6. The lowest BCUT2D eigenvalue weighted by Crippen LogP contribution is -2.25. The van der Waals surface area contributed by atoms with E-state index in [-0.39, 0.29) is 5.56 Å². The van der Waals surface area contributed by atoms with Gasteiger partial charge < -0.3 is 15.0 Å². The molecule has 6 nitrogen and oxygen atoms in total. The van der Waals surface area contributed by atoms with Crippen LogP contribution in [0, 0.1) is 6.92 Å². The van der Waals surface area contributed by atoms with Crippen molar-refractivity contribution in [3.05, 3.63) is 46.4 Å². The van der Waals surface area contributed by atoms with Crippen LogP contribution in [0.1, 0.15) is 12.0 Å². The Hall–Kier alpha value is -2.37. The topological polar surface area (TPSA) is 88.4 Å². The quantitative estimate of drug-likeness (QED) is 0.571. The summed E-state index contributed by atoms with van der Waals surface area (Å²) in [5.74, 6) is -1.62. The van der Waals surface area contributed by atoms with E-state index in [0.29, 0.717) is 19.5 Å². The number of aliphatic carboxylic acids is 1. The van der Waals surface area contributed by atoms with Crippen LogP contribution in [-0.2, 0) is 16.1 Å². The molecule has 0 saturated carbocycles. The summed E-state index contributed by atoms with van der Waals surface area (Å²) >= 11 is 0. The summed E-state index contributed by atoms with van der Waals surface area (Å²) < 4.78 is 1.56. The second kappa shape index (κ2) is 7.15. The van der Waals surface area contributed by atoms with Crippen molar-refractivity contribution in [3.63, 3.8) is 0 Å². The van der Waals surface area contributed by atoms with Crippen LogP contribution in [0.15, 0.2) is 35.3 Å². The highest BCUT2D eigenvalue weighted by molar-refractivity contribution is 5.93. The second-order valence-electron chi connectivity index (χ2n) is 4.05. The zero-order chi connectivity index (χ0) is 14.3. The zero-order valence-corrected chi connectivity index (χ0v) is 10.6. The molecule has 6 heteroatoms. The fourth-order valence-corrected chi connectivity index (χ4v) is 1.46. The molecule has 0 bridgehead atoms. The third-order valence-corrected chi connectivity index (χ3v) is 2.40. The maximum absolute atomic E-state index is 11.5. The highest BCUT2D eigenvalue weighted by atomic mass is 16.4. The largest absolute Gasteiger partial charge is 0.478 e. The summed E-state index contributed by atoms with van der Waals surface area (Å²) in [4.78, 5) is 32.9. The number of carbonyl (C=O) groups excluding carboxylic acids is 1.